The molecular formula is C20H25N7O3S. The van der Waals surface area contributed by atoms with Gasteiger partial charge in [0.25, 0.3) is 5.56 Å². The summed E-state index contributed by atoms with van der Waals surface area (Å²) in [5, 5.41) is 9.32. The second kappa shape index (κ2) is 8.96. The number of unbranched alkanes of at least 4 members (excludes halogenated alkanes) is 1. The molecule has 4 rings (SSSR count). The number of furan rings is 1. The minimum atomic E-state index is -0.417. The van der Waals surface area contributed by atoms with Gasteiger partial charge in [0.05, 0.1) is 12.0 Å². The molecule has 1 N–H and O–H groups in total. The number of imidazole rings is 1. The zero-order valence-electron chi connectivity index (χ0n) is 17.8. The van der Waals surface area contributed by atoms with Crippen LogP contribution in [0.25, 0.3) is 22.7 Å². The predicted octanol–water partition coefficient (Wildman–Crippen LogP) is 2.87. The molecule has 0 aliphatic rings. The molecule has 31 heavy (non-hydrogen) atoms. The van der Waals surface area contributed by atoms with E-state index in [-0.39, 0.29) is 0 Å². The molecule has 0 saturated carbocycles. The first-order chi connectivity index (χ1) is 15.1. The van der Waals surface area contributed by atoms with E-state index < -0.39 is 11.2 Å². The molecule has 0 unspecified atom stereocenters. The fraction of sp³-hybridized carbons (Fsp3) is 0.450. The van der Waals surface area contributed by atoms with Crippen LogP contribution in [0, 0.1) is 0 Å². The van der Waals surface area contributed by atoms with Crippen LogP contribution < -0.4 is 11.2 Å². The number of thioether (sulfide) groups is 1. The van der Waals surface area contributed by atoms with Crippen molar-refractivity contribution in [2.75, 3.05) is 0 Å². The molecule has 0 atom stereocenters. The lowest BCUT2D eigenvalue weighted by atomic mass is 10.3. The van der Waals surface area contributed by atoms with Crippen molar-refractivity contribution in [3.05, 3.63) is 45.1 Å². The van der Waals surface area contributed by atoms with E-state index in [1.54, 1.807) is 10.8 Å². The molecule has 0 saturated heterocycles. The first-order valence-electron chi connectivity index (χ1n) is 10.4. The van der Waals surface area contributed by atoms with Gasteiger partial charge in [-0.25, -0.2) is 9.78 Å². The quantitative estimate of drug-likeness (QED) is 0.395. The van der Waals surface area contributed by atoms with Gasteiger partial charge in [-0.3, -0.25) is 18.9 Å². The van der Waals surface area contributed by atoms with Crippen molar-refractivity contribution < 1.29 is 4.42 Å². The number of hydrogen-bond donors (Lipinski definition) is 1. The molecule has 10 nitrogen and oxygen atoms in total. The summed E-state index contributed by atoms with van der Waals surface area (Å²) in [7, 11) is 0. The van der Waals surface area contributed by atoms with Gasteiger partial charge < -0.3 is 8.98 Å². The Morgan fingerprint density at radius 1 is 1.10 bits per heavy atom. The average molecular weight is 444 g/mol. The standard InChI is InChI=1S/C20H25N7O3S/c1-4-7-10-27-17-15(18(28)22-19(27)29)25(5-2)14(21-17)12-31-20-24-23-16(26(20)6-3)13-9-8-11-30-13/h8-9,11H,4-7,10,12H2,1-3H3,(H,22,28,29). The maximum Gasteiger partial charge on any atom is 0.330 e. The van der Waals surface area contributed by atoms with Crippen molar-refractivity contribution in [2.45, 2.75) is 64.2 Å². The van der Waals surface area contributed by atoms with Crippen LogP contribution in [0.3, 0.4) is 0 Å². The van der Waals surface area contributed by atoms with Crippen LogP contribution >= 0.6 is 11.8 Å². The van der Waals surface area contributed by atoms with Gasteiger partial charge in [0, 0.05) is 19.6 Å². The van der Waals surface area contributed by atoms with E-state index in [0.29, 0.717) is 54.0 Å². The number of aromatic nitrogens is 7. The average Bonchev–Trinajstić information content (AvgIpc) is 3.49. The Labute approximate surface area is 182 Å². The first-order valence-corrected chi connectivity index (χ1v) is 11.4. The highest BCUT2D eigenvalue weighted by Gasteiger charge is 2.20. The second-order valence-corrected chi connectivity index (χ2v) is 7.97. The summed E-state index contributed by atoms with van der Waals surface area (Å²) in [6.07, 6.45) is 3.38. The van der Waals surface area contributed by atoms with E-state index in [1.807, 2.05) is 35.1 Å². The number of nitrogens with zero attached hydrogens (tertiary/aromatic N) is 6. The third-order valence-electron chi connectivity index (χ3n) is 5.12. The molecule has 0 bridgehead atoms. The SMILES string of the molecule is CCCCn1c(=O)[nH]c(=O)c2c1nc(CSc1nnc(-c3ccco3)n1CC)n2CC. The summed E-state index contributed by atoms with van der Waals surface area (Å²) in [6.45, 7) is 7.81. The zero-order chi connectivity index (χ0) is 22.0. The van der Waals surface area contributed by atoms with Crippen LogP contribution in [0.1, 0.15) is 39.4 Å². The summed E-state index contributed by atoms with van der Waals surface area (Å²) in [6, 6.07) is 3.67. The van der Waals surface area contributed by atoms with Crippen LogP contribution in [-0.2, 0) is 25.4 Å². The smallest absolute Gasteiger partial charge is 0.330 e. The Bertz CT molecular complexity index is 1300. The Morgan fingerprint density at radius 2 is 1.90 bits per heavy atom. The third kappa shape index (κ3) is 3.85. The summed E-state index contributed by atoms with van der Waals surface area (Å²) >= 11 is 1.49. The van der Waals surface area contributed by atoms with Crippen LogP contribution in [0.4, 0.5) is 0 Å². The van der Waals surface area contributed by atoms with Gasteiger partial charge in [-0.05, 0) is 32.4 Å². The van der Waals surface area contributed by atoms with E-state index in [1.165, 1.54) is 11.8 Å². The van der Waals surface area contributed by atoms with E-state index in [0.717, 1.165) is 18.0 Å². The summed E-state index contributed by atoms with van der Waals surface area (Å²) in [5.74, 6) is 2.53. The molecule has 0 aliphatic heterocycles. The van der Waals surface area contributed by atoms with Gasteiger partial charge in [-0.15, -0.1) is 10.2 Å². The van der Waals surface area contributed by atoms with Crippen molar-refractivity contribution in [3.63, 3.8) is 0 Å². The van der Waals surface area contributed by atoms with Gasteiger partial charge in [0.2, 0.25) is 0 Å². The lowest BCUT2D eigenvalue weighted by Gasteiger charge is -2.07. The highest BCUT2D eigenvalue weighted by molar-refractivity contribution is 7.98. The molecule has 4 aromatic heterocycles. The fourth-order valence-electron chi connectivity index (χ4n) is 3.59. The molecule has 0 fully saturated rings. The van der Waals surface area contributed by atoms with Crippen molar-refractivity contribution in [3.8, 4) is 11.6 Å². The van der Waals surface area contributed by atoms with Crippen molar-refractivity contribution in [1.82, 2.24) is 33.9 Å². The molecule has 0 spiro atoms. The minimum absolute atomic E-state index is 0.407. The van der Waals surface area contributed by atoms with E-state index in [4.69, 9.17) is 9.40 Å². The number of fused-ring (bicyclic) bond motifs is 1. The molecule has 0 aliphatic carbocycles. The van der Waals surface area contributed by atoms with Crippen LogP contribution in [0.2, 0.25) is 0 Å². The topological polar surface area (TPSA) is 117 Å². The molecule has 11 heteroatoms. The number of H-pyrrole nitrogens is 1. The monoisotopic (exact) mass is 443 g/mol. The van der Waals surface area contributed by atoms with Gasteiger partial charge >= 0.3 is 5.69 Å². The second-order valence-electron chi connectivity index (χ2n) is 7.03. The maximum absolute atomic E-state index is 12.6. The molecule has 4 aromatic rings. The van der Waals surface area contributed by atoms with Gasteiger partial charge in [0.15, 0.2) is 27.9 Å². The van der Waals surface area contributed by atoms with Gasteiger partial charge in [0.1, 0.15) is 5.82 Å². The van der Waals surface area contributed by atoms with Crippen LogP contribution in [0.5, 0.6) is 0 Å². The van der Waals surface area contributed by atoms with E-state index in [9.17, 15) is 9.59 Å². The highest BCUT2D eigenvalue weighted by Crippen LogP contribution is 2.27. The van der Waals surface area contributed by atoms with E-state index >= 15 is 0 Å². The Hall–Kier alpha value is -3.08. The number of nitrogens with one attached hydrogen (secondary N) is 1. The molecular weight excluding hydrogens is 418 g/mol. The van der Waals surface area contributed by atoms with Gasteiger partial charge in [-0.2, -0.15) is 0 Å². The Kier molecular flexibility index (Phi) is 6.12. The Balaban J connectivity index is 1.70. The Morgan fingerprint density at radius 3 is 2.58 bits per heavy atom. The molecule has 164 valence electrons. The molecule has 0 radical (unpaired) electrons. The number of aryl methyl sites for hydroxylation is 2. The highest BCUT2D eigenvalue weighted by atomic mass is 32.2. The fourth-order valence-corrected chi connectivity index (χ4v) is 4.54. The zero-order valence-corrected chi connectivity index (χ0v) is 18.6. The van der Waals surface area contributed by atoms with Crippen molar-refractivity contribution in [1.29, 1.82) is 0 Å². The summed E-state index contributed by atoms with van der Waals surface area (Å²) < 4.78 is 10.9. The maximum atomic E-state index is 12.6. The number of hydrogen-bond acceptors (Lipinski definition) is 7. The molecule has 4 heterocycles. The van der Waals surface area contributed by atoms with Crippen molar-refractivity contribution in [2.24, 2.45) is 0 Å². The lowest BCUT2D eigenvalue weighted by Crippen LogP contribution is -2.31. The predicted molar refractivity (Wildman–Crippen MR) is 118 cm³/mol. The normalized spacial score (nSPS) is 11.6. The lowest BCUT2D eigenvalue weighted by molar-refractivity contribution is 0.567. The summed E-state index contributed by atoms with van der Waals surface area (Å²) in [4.78, 5) is 32.1. The van der Waals surface area contributed by atoms with Crippen LogP contribution in [-0.4, -0.2) is 33.9 Å². The number of rotatable bonds is 9. The molecule has 0 aromatic carbocycles. The summed E-state index contributed by atoms with van der Waals surface area (Å²) in [5.41, 5.74) is 0.0461. The number of aromatic amines is 1. The minimum Gasteiger partial charge on any atom is -0.461 e. The largest absolute Gasteiger partial charge is 0.461 e. The van der Waals surface area contributed by atoms with Crippen molar-refractivity contribution >= 4 is 22.9 Å². The molecule has 0 amide bonds. The van der Waals surface area contributed by atoms with Crippen LogP contribution in [0.15, 0.2) is 37.6 Å². The first kappa shape index (κ1) is 21.2. The third-order valence-corrected chi connectivity index (χ3v) is 6.08. The van der Waals surface area contributed by atoms with E-state index in [2.05, 4.69) is 22.1 Å². The van der Waals surface area contributed by atoms with Gasteiger partial charge in [-0.1, -0.05) is 25.1 Å².